The zero-order chi connectivity index (χ0) is 17.3. The molecule has 0 spiro atoms. The van der Waals surface area contributed by atoms with Crippen LogP contribution >= 0.6 is 0 Å². The maximum Gasteiger partial charge on any atom is 0.247 e. The molecule has 0 N–H and O–H groups in total. The van der Waals surface area contributed by atoms with Crippen LogP contribution in [0.25, 0.3) is 0 Å². The summed E-state index contributed by atoms with van der Waals surface area (Å²) < 4.78 is 43.4. The SMILES string of the molecule is COc1ccc(OC)c(S(=O)(=O)N2CCC[C@H]2c2cc(C)on2)c1. The number of aryl methyl sites for hydroxylation is 1. The third kappa shape index (κ3) is 2.87. The summed E-state index contributed by atoms with van der Waals surface area (Å²) in [7, 11) is -0.813. The van der Waals surface area contributed by atoms with Gasteiger partial charge in [-0.3, -0.25) is 0 Å². The van der Waals surface area contributed by atoms with Gasteiger partial charge in [-0.15, -0.1) is 0 Å². The number of hydrogen-bond acceptors (Lipinski definition) is 6. The third-order valence-electron chi connectivity index (χ3n) is 4.15. The highest BCUT2D eigenvalue weighted by Gasteiger charge is 2.39. The molecule has 3 rings (SSSR count). The second kappa shape index (κ2) is 6.45. The van der Waals surface area contributed by atoms with Crippen LogP contribution in [0.3, 0.4) is 0 Å². The van der Waals surface area contributed by atoms with Crippen molar-refractivity contribution in [2.75, 3.05) is 20.8 Å². The molecule has 0 saturated carbocycles. The number of benzene rings is 1. The second-order valence-corrected chi connectivity index (χ2v) is 7.51. The second-order valence-electron chi connectivity index (χ2n) is 5.65. The molecule has 7 nitrogen and oxygen atoms in total. The van der Waals surface area contributed by atoms with Crippen LogP contribution in [-0.2, 0) is 10.0 Å². The average Bonchev–Trinajstić information content (AvgIpc) is 3.23. The number of hydrogen-bond donors (Lipinski definition) is 0. The molecule has 1 aliphatic rings. The minimum atomic E-state index is -3.76. The highest BCUT2D eigenvalue weighted by Crippen LogP contribution is 2.39. The Bertz CT molecular complexity index is 831. The molecule has 0 amide bonds. The Morgan fingerprint density at radius 3 is 2.67 bits per heavy atom. The maximum atomic E-state index is 13.2. The van der Waals surface area contributed by atoms with Crippen LogP contribution in [0.1, 0.15) is 30.3 Å². The summed E-state index contributed by atoms with van der Waals surface area (Å²) >= 11 is 0. The van der Waals surface area contributed by atoms with Gasteiger partial charge >= 0.3 is 0 Å². The van der Waals surface area contributed by atoms with Crippen LogP contribution in [0.4, 0.5) is 0 Å². The fourth-order valence-electron chi connectivity index (χ4n) is 2.98. The monoisotopic (exact) mass is 352 g/mol. The molecule has 2 aromatic rings. The lowest BCUT2D eigenvalue weighted by Gasteiger charge is -2.23. The number of aromatic nitrogens is 1. The van der Waals surface area contributed by atoms with Crippen molar-refractivity contribution >= 4 is 10.0 Å². The molecule has 1 fully saturated rings. The van der Waals surface area contributed by atoms with E-state index in [0.29, 0.717) is 30.2 Å². The van der Waals surface area contributed by atoms with Crippen molar-refractivity contribution in [3.8, 4) is 11.5 Å². The summed E-state index contributed by atoms with van der Waals surface area (Å²) in [6, 6.07) is 6.19. The van der Waals surface area contributed by atoms with Crippen LogP contribution in [0.15, 0.2) is 33.7 Å². The smallest absolute Gasteiger partial charge is 0.247 e. The first kappa shape index (κ1) is 16.8. The van der Waals surface area contributed by atoms with E-state index < -0.39 is 10.0 Å². The van der Waals surface area contributed by atoms with Gasteiger partial charge in [0.15, 0.2) is 0 Å². The van der Waals surface area contributed by atoms with Gasteiger partial charge in [0.05, 0.1) is 20.3 Å². The van der Waals surface area contributed by atoms with Crippen LogP contribution in [-0.4, -0.2) is 38.6 Å². The van der Waals surface area contributed by atoms with Crippen LogP contribution in [0.5, 0.6) is 11.5 Å². The van der Waals surface area contributed by atoms with Crippen molar-refractivity contribution in [3.63, 3.8) is 0 Å². The standard InChI is InChI=1S/C16H20N2O5S/c1-11-9-13(17-23-11)14-5-4-8-18(14)24(19,20)16-10-12(21-2)6-7-15(16)22-3/h6-7,9-10,14H,4-5,8H2,1-3H3/t14-/m0/s1. The molecule has 0 aliphatic carbocycles. The minimum Gasteiger partial charge on any atom is -0.497 e. The maximum absolute atomic E-state index is 13.2. The van der Waals surface area contributed by atoms with Crippen molar-refractivity contribution in [2.45, 2.75) is 30.7 Å². The topological polar surface area (TPSA) is 81.9 Å². The highest BCUT2D eigenvalue weighted by molar-refractivity contribution is 7.89. The lowest BCUT2D eigenvalue weighted by Crippen LogP contribution is -2.31. The predicted octanol–water partition coefficient (Wildman–Crippen LogP) is 2.53. The Kier molecular flexibility index (Phi) is 4.51. The first-order valence-electron chi connectivity index (χ1n) is 7.64. The lowest BCUT2D eigenvalue weighted by atomic mass is 10.1. The molecule has 1 saturated heterocycles. The number of methoxy groups -OCH3 is 2. The molecular formula is C16H20N2O5S. The average molecular weight is 352 g/mol. The number of ether oxygens (including phenoxy) is 2. The molecule has 8 heteroatoms. The van der Waals surface area contributed by atoms with Crippen LogP contribution in [0, 0.1) is 6.92 Å². The Labute approximate surface area is 141 Å². The molecule has 130 valence electrons. The Morgan fingerprint density at radius 2 is 2.04 bits per heavy atom. The van der Waals surface area contributed by atoms with Crippen molar-refractivity contribution < 1.29 is 22.4 Å². The molecule has 24 heavy (non-hydrogen) atoms. The third-order valence-corrected chi connectivity index (χ3v) is 6.08. The van der Waals surface area contributed by atoms with E-state index >= 15 is 0 Å². The summed E-state index contributed by atoms with van der Waals surface area (Å²) in [6.45, 7) is 2.22. The Balaban J connectivity index is 2.03. The van der Waals surface area contributed by atoms with Crippen molar-refractivity contribution in [2.24, 2.45) is 0 Å². The van der Waals surface area contributed by atoms with E-state index in [0.717, 1.165) is 6.42 Å². The largest absolute Gasteiger partial charge is 0.497 e. The number of sulfonamides is 1. The van der Waals surface area contributed by atoms with E-state index in [2.05, 4.69) is 5.16 Å². The zero-order valence-electron chi connectivity index (χ0n) is 13.9. The molecule has 2 heterocycles. The Morgan fingerprint density at radius 1 is 1.25 bits per heavy atom. The van der Waals surface area contributed by atoms with Crippen molar-refractivity contribution in [3.05, 3.63) is 35.7 Å². The molecule has 1 aromatic heterocycles. The summed E-state index contributed by atoms with van der Waals surface area (Å²) in [4.78, 5) is 0.0940. The van der Waals surface area contributed by atoms with Gasteiger partial charge in [-0.2, -0.15) is 4.31 Å². The highest BCUT2D eigenvalue weighted by atomic mass is 32.2. The van der Waals surface area contributed by atoms with Crippen molar-refractivity contribution in [1.29, 1.82) is 0 Å². The van der Waals surface area contributed by atoms with E-state index in [1.54, 1.807) is 25.1 Å². The normalized spacial score (nSPS) is 18.7. The van der Waals surface area contributed by atoms with Gasteiger partial charge < -0.3 is 14.0 Å². The van der Waals surface area contributed by atoms with Gasteiger partial charge in [-0.05, 0) is 31.9 Å². The molecule has 0 bridgehead atoms. The summed E-state index contributed by atoms with van der Waals surface area (Å²) in [6.07, 6.45) is 1.47. The quantitative estimate of drug-likeness (QED) is 0.822. The van der Waals surface area contributed by atoms with Crippen LogP contribution < -0.4 is 9.47 Å². The molecular weight excluding hydrogens is 332 g/mol. The summed E-state index contributed by atoms with van der Waals surface area (Å²) in [5, 5.41) is 3.99. The number of rotatable bonds is 5. The zero-order valence-corrected chi connectivity index (χ0v) is 14.7. The first-order chi connectivity index (χ1) is 11.5. The number of nitrogens with zero attached hydrogens (tertiary/aromatic N) is 2. The predicted molar refractivity (Wildman–Crippen MR) is 86.7 cm³/mol. The van der Waals surface area contributed by atoms with Gasteiger partial charge in [0, 0.05) is 18.7 Å². The van der Waals surface area contributed by atoms with E-state index in [1.807, 2.05) is 0 Å². The van der Waals surface area contributed by atoms with E-state index in [4.69, 9.17) is 14.0 Å². The fraction of sp³-hybridized carbons (Fsp3) is 0.438. The fourth-order valence-corrected chi connectivity index (χ4v) is 4.82. The molecule has 1 aliphatic heterocycles. The van der Waals surface area contributed by atoms with E-state index in [9.17, 15) is 8.42 Å². The summed E-state index contributed by atoms with van der Waals surface area (Å²) in [5.41, 5.74) is 0.635. The van der Waals surface area contributed by atoms with Gasteiger partial charge in [0.1, 0.15) is 27.8 Å². The molecule has 1 atom stereocenters. The lowest BCUT2D eigenvalue weighted by molar-refractivity contribution is 0.346. The van der Waals surface area contributed by atoms with Gasteiger partial charge in [-0.1, -0.05) is 5.16 Å². The van der Waals surface area contributed by atoms with E-state index in [1.165, 1.54) is 24.6 Å². The van der Waals surface area contributed by atoms with Crippen molar-refractivity contribution in [1.82, 2.24) is 9.46 Å². The first-order valence-corrected chi connectivity index (χ1v) is 9.08. The van der Waals surface area contributed by atoms with Gasteiger partial charge in [0.2, 0.25) is 10.0 Å². The Hall–Kier alpha value is -2.06. The van der Waals surface area contributed by atoms with Gasteiger partial charge in [-0.25, -0.2) is 8.42 Å². The summed E-state index contributed by atoms with van der Waals surface area (Å²) in [5.74, 6) is 1.41. The molecule has 0 unspecified atom stereocenters. The van der Waals surface area contributed by atoms with E-state index in [-0.39, 0.29) is 16.7 Å². The van der Waals surface area contributed by atoms with Crippen LogP contribution in [0.2, 0.25) is 0 Å². The minimum absolute atomic E-state index is 0.0940. The van der Waals surface area contributed by atoms with Gasteiger partial charge in [0.25, 0.3) is 0 Å². The molecule has 1 aromatic carbocycles. The molecule has 0 radical (unpaired) electrons.